The van der Waals surface area contributed by atoms with Crippen LogP contribution in [0.3, 0.4) is 0 Å². The van der Waals surface area contributed by atoms with Crippen molar-refractivity contribution in [1.82, 2.24) is 14.9 Å². The van der Waals surface area contributed by atoms with Crippen LogP contribution in [0.25, 0.3) is 10.9 Å². The Morgan fingerprint density at radius 2 is 2.00 bits per heavy atom. The second-order valence-electron chi connectivity index (χ2n) is 5.35. The molecule has 2 aromatic rings. The van der Waals surface area contributed by atoms with E-state index in [4.69, 9.17) is 16.3 Å². The van der Waals surface area contributed by atoms with Crippen molar-refractivity contribution in [3.05, 3.63) is 29.2 Å². The molecule has 0 bridgehead atoms. The lowest BCUT2D eigenvalue weighted by Gasteiger charge is -2.30. The van der Waals surface area contributed by atoms with Gasteiger partial charge < -0.3 is 9.64 Å². The van der Waals surface area contributed by atoms with Crippen molar-refractivity contribution in [3.8, 4) is 5.75 Å². The smallest absolute Gasteiger partial charge is 0.140 e. The summed E-state index contributed by atoms with van der Waals surface area (Å²) in [5.74, 6) is 1.42. The van der Waals surface area contributed by atoms with Crippen LogP contribution in [0.2, 0.25) is 5.15 Å². The normalized spacial score (nSPS) is 17.6. The highest BCUT2D eigenvalue weighted by atomic mass is 35.5. The number of aromatic nitrogens is 2. The van der Waals surface area contributed by atoms with E-state index in [1.165, 1.54) is 11.9 Å². The molecule has 1 aliphatic heterocycles. The maximum atomic E-state index is 6.13. The molecule has 0 amide bonds. The van der Waals surface area contributed by atoms with Gasteiger partial charge in [-0.05, 0) is 56.6 Å². The summed E-state index contributed by atoms with van der Waals surface area (Å²) in [5.41, 5.74) is 2.13. The molecule has 20 heavy (non-hydrogen) atoms. The maximum Gasteiger partial charge on any atom is 0.140 e. The van der Waals surface area contributed by atoms with Gasteiger partial charge >= 0.3 is 0 Å². The molecular weight excluding hydrogens is 274 g/mol. The molecule has 1 aliphatic rings. The first kappa shape index (κ1) is 13.6. The van der Waals surface area contributed by atoms with Gasteiger partial charge in [0.15, 0.2) is 0 Å². The first-order chi connectivity index (χ1) is 9.69. The zero-order chi connectivity index (χ0) is 14.1. The summed E-state index contributed by atoms with van der Waals surface area (Å²) >= 11 is 6.13. The van der Waals surface area contributed by atoms with E-state index in [0.717, 1.165) is 42.6 Å². The van der Waals surface area contributed by atoms with Crippen LogP contribution >= 0.6 is 11.6 Å². The number of methoxy groups -OCH3 is 1. The van der Waals surface area contributed by atoms with Crippen molar-refractivity contribution in [2.24, 2.45) is 0 Å². The Bertz CT molecular complexity index is 624. The Morgan fingerprint density at radius 1 is 1.25 bits per heavy atom. The molecule has 0 spiro atoms. The Morgan fingerprint density at radius 3 is 2.70 bits per heavy atom. The Labute approximate surface area is 123 Å². The maximum absolute atomic E-state index is 6.13. The highest BCUT2D eigenvalue weighted by molar-refractivity contribution is 6.34. The van der Waals surface area contributed by atoms with Crippen LogP contribution < -0.4 is 4.74 Å². The highest BCUT2D eigenvalue weighted by Crippen LogP contribution is 2.37. The monoisotopic (exact) mass is 291 g/mol. The molecule has 3 rings (SSSR count). The number of rotatable bonds is 2. The van der Waals surface area contributed by atoms with Crippen LogP contribution in [0, 0.1) is 0 Å². The van der Waals surface area contributed by atoms with Gasteiger partial charge in [0.05, 0.1) is 12.6 Å². The number of fused-ring (bicyclic) bond motifs is 1. The molecule has 0 radical (unpaired) electrons. The number of nitrogens with zero attached hydrogens (tertiary/aromatic N) is 3. The van der Waals surface area contributed by atoms with E-state index >= 15 is 0 Å². The van der Waals surface area contributed by atoms with Gasteiger partial charge in [0.2, 0.25) is 0 Å². The minimum absolute atomic E-state index is 0.475. The van der Waals surface area contributed by atoms with Crippen molar-refractivity contribution in [1.29, 1.82) is 0 Å². The van der Waals surface area contributed by atoms with Crippen molar-refractivity contribution < 1.29 is 4.74 Å². The number of benzene rings is 1. The third-order valence-corrected chi connectivity index (χ3v) is 4.40. The number of hydrogen-bond donors (Lipinski definition) is 0. The van der Waals surface area contributed by atoms with Crippen LogP contribution in [-0.4, -0.2) is 42.1 Å². The minimum atomic E-state index is 0.475. The molecule has 1 saturated heterocycles. The molecule has 1 aromatic heterocycles. The molecule has 0 atom stereocenters. The van der Waals surface area contributed by atoms with Crippen LogP contribution in [0.5, 0.6) is 5.75 Å². The van der Waals surface area contributed by atoms with E-state index < -0.39 is 0 Å². The summed E-state index contributed by atoms with van der Waals surface area (Å²) in [6.07, 6.45) is 3.81. The molecule has 1 fully saturated rings. The molecular formula is C15H18ClN3O. The van der Waals surface area contributed by atoms with Crippen LogP contribution in [0.4, 0.5) is 0 Å². The van der Waals surface area contributed by atoms with E-state index in [9.17, 15) is 0 Å². The van der Waals surface area contributed by atoms with E-state index in [0.29, 0.717) is 11.1 Å². The average molecular weight is 292 g/mol. The van der Waals surface area contributed by atoms with E-state index in [1.54, 1.807) is 7.11 Å². The zero-order valence-corrected chi connectivity index (χ0v) is 12.5. The average Bonchev–Trinajstić information content (AvgIpc) is 2.47. The molecule has 1 aromatic carbocycles. The van der Waals surface area contributed by atoms with Gasteiger partial charge in [-0.25, -0.2) is 9.97 Å². The third kappa shape index (κ3) is 2.45. The fourth-order valence-corrected chi connectivity index (χ4v) is 3.08. The largest absolute Gasteiger partial charge is 0.496 e. The molecule has 0 aliphatic carbocycles. The lowest BCUT2D eigenvalue weighted by Crippen LogP contribution is -2.29. The molecule has 106 valence electrons. The fourth-order valence-electron chi connectivity index (χ4n) is 2.88. The summed E-state index contributed by atoms with van der Waals surface area (Å²) < 4.78 is 5.56. The van der Waals surface area contributed by atoms with E-state index in [2.05, 4.69) is 28.0 Å². The van der Waals surface area contributed by atoms with Crippen molar-refractivity contribution in [2.75, 3.05) is 27.2 Å². The summed E-state index contributed by atoms with van der Waals surface area (Å²) in [6, 6.07) is 4.07. The van der Waals surface area contributed by atoms with Gasteiger partial charge in [-0.1, -0.05) is 11.6 Å². The summed E-state index contributed by atoms with van der Waals surface area (Å²) in [7, 11) is 3.87. The first-order valence-electron chi connectivity index (χ1n) is 6.85. The lowest BCUT2D eigenvalue weighted by molar-refractivity contribution is 0.252. The van der Waals surface area contributed by atoms with E-state index in [-0.39, 0.29) is 0 Å². The second kappa shape index (κ2) is 5.54. The standard InChI is InChI=1S/C15H18ClN3O/c1-19-5-3-10(4-6-19)11-7-13-12(8-14(11)20-2)15(16)18-9-17-13/h7-10H,3-6H2,1-2H3. The number of hydrogen-bond acceptors (Lipinski definition) is 4. The molecule has 0 unspecified atom stereocenters. The van der Waals surface area contributed by atoms with Gasteiger partial charge in [-0.15, -0.1) is 0 Å². The first-order valence-corrected chi connectivity index (χ1v) is 7.23. The van der Waals surface area contributed by atoms with Gasteiger partial charge in [0.25, 0.3) is 0 Å². The molecule has 0 N–H and O–H groups in total. The molecule has 5 heteroatoms. The Hall–Kier alpha value is -1.39. The molecule has 0 saturated carbocycles. The van der Waals surface area contributed by atoms with Gasteiger partial charge in [0.1, 0.15) is 17.2 Å². The topological polar surface area (TPSA) is 38.3 Å². The van der Waals surface area contributed by atoms with Crippen LogP contribution in [-0.2, 0) is 0 Å². The SMILES string of the molecule is COc1cc2c(Cl)ncnc2cc1C1CCN(C)CC1. The summed E-state index contributed by atoms with van der Waals surface area (Å²) in [5, 5.41) is 1.32. The quantitative estimate of drug-likeness (QED) is 0.797. The predicted molar refractivity (Wildman–Crippen MR) is 80.6 cm³/mol. The van der Waals surface area contributed by atoms with E-state index in [1.807, 2.05) is 6.07 Å². The number of piperidine rings is 1. The number of halogens is 1. The fraction of sp³-hybridized carbons (Fsp3) is 0.467. The zero-order valence-electron chi connectivity index (χ0n) is 11.8. The van der Waals surface area contributed by atoms with Gasteiger partial charge in [-0.2, -0.15) is 0 Å². The van der Waals surface area contributed by atoms with Crippen molar-refractivity contribution >= 4 is 22.5 Å². The molecule has 2 heterocycles. The minimum Gasteiger partial charge on any atom is -0.496 e. The predicted octanol–water partition coefficient (Wildman–Crippen LogP) is 3.10. The van der Waals surface area contributed by atoms with Gasteiger partial charge in [-0.3, -0.25) is 0 Å². The summed E-state index contributed by atoms with van der Waals surface area (Å²) in [4.78, 5) is 10.7. The third-order valence-electron chi connectivity index (χ3n) is 4.10. The van der Waals surface area contributed by atoms with Crippen LogP contribution in [0.15, 0.2) is 18.5 Å². The Kier molecular flexibility index (Phi) is 3.76. The number of likely N-dealkylation sites (tertiary alicyclic amines) is 1. The number of ether oxygens (including phenoxy) is 1. The lowest BCUT2D eigenvalue weighted by atomic mass is 9.88. The van der Waals surface area contributed by atoms with Crippen molar-refractivity contribution in [2.45, 2.75) is 18.8 Å². The van der Waals surface area contributed by atoms with Crippen LogP contribution in [0.1, 0.15) is 24.3 Å². The Balaban J connectivity index is 2.05. The second-order valence-corrected chi connectivity index (χ2v) is 5.71. The summed E-state index contributed by atoms with van der Waals surface area (Å²) in [6.45, 7) is 2.24. The molecule has 4 nitrogen and oxygen atoms in total. The van der Waals surface area contributed by atoms with Gasteiger partial charge in [0, 0.05) is 5.39 Å². The van der Waals surface area contributed by atoms with Crippen molar-refractivity contribution in [3.63, 3.8) is 0 Å². The highest BCUT2D eigenvalue weighted by Gasteiger charge is 2.22.